The van der Waals surface area contributed by atoms with Gasteiger partial charge in [0, 0.05) is 6.54 Å². The number of ether oxygens (including phenoxy) is 1. The Labute approximate surface area is 129 Å². The third-order valence-electron chi connectivity index (χ3n) is 3.85. The van der Waals surface area contributed by atoms with Crippen molar-refractivity contribution in [2.45, 2.75) is 32.7 Å². The first kappa shape index (κ1) is 16.4. The van der Waals surface area contributed by atoms with Crippen LogP contribution in [0.1, 0.15) is 43.2 Å². The van der Waals surface area contributed by atoms with E-state index in [2.05, 4.69) is 20.9 Å². The SMILES string of the molecule is COC(=O)C(C)(C)CNC(=O)c1cn(C2CCNCC2)nn1. The lowest BCUT2D eigenvalue weighted by molar-refractivity contribution is -0.150. The second kappa shape index (κ2) is 6.87. The van der Waals surface area contributed by atoms with Gasteiger partial charge in [-0.2, -0.15) is 0 Å². The number of piperidine rings is 1. The summed E-state index contributed by atoms with van der Waals surface area (Å²) in [5.41, 5.74) is -0.519. The van der Waals surface area contributed by atoms with Gasteiger partial charge in [-0.1, -0.05) is 5.21 Å². The van der Waals surface area contributed by atoms with E-state index < -0.39 is 5.41 Å². The third kappa shape index (κ3) is 3.82. The van der Waals surface area contributed by atoms with Gasteiger partial charge in [-0.3, -0.25) is 9.59 Å². The zero-order valence-electron chi connectivity index (χ0n) is 13.3. The predicted molar refractivity (Wildman–Crippen MR) is 79.3 cm³/mol. The minimum Gasteiger partial charge on any atom is -0.469 e. The van der Waals surface area contributed by atoms with Crippen LogP contribution in [-0.4, -0.2) is 53.6 Å². The molecule has 1 amide bonds. The van der Waals surface area contributed by atoms with Gasteiger partial charge in [0.25, 0.3) is 5.91 Å². The number of hydrogen-bond acceptors (Lipinski definition) is 6. The number of hydrogen-bond donors (Lipinski definition) is 2. The Balaban J connectivity index is 1.93. The fourth-order valence-corrected chi connectivity index (χ4v) is 2.37. The minimum atomic E-state index is -0.782. The summed E-state index contributed by atoms with van der Waals surface area (Å²) < 4.78 is 6.46. The topological polar surface area (TPSA) is 98.1 Å². The Morgan fingerprint density at radius 3 is 2.77 bits per heavy atom. The number of carbonyl (C=O) groups is 2. The summed E-state index contributed by atoms with van der Waals surface area (Å²) in [5, 5.41) is 13.9. The number of esters is 1. The van der Waals surface area contributed by atoms with Crippen molar-refractivity contribution in [3.63, 3.8) is 0 Å². The number of amides is 1. The van der Waals surface area contributed by atoms with Crippen molar-refractivity contribution in [3.05, 3.63) is 11.9 Å². The Hall–Kier alpha value is -1.96. The third-order valence-corrected chi connectivity index (χ3v) is 3.85. The second-order valence-corrected chi connectivity index (χ2v) is 6.12. The molecular weight excluding hydrogens is 286 g/mol. The molecule has 0 aliphatic carbocycles. The molecule has 1 aliphatic rings. The molecule has 2 N–H and O–H groups in total. The first-order valence-corrected chi connectivity index (χ1v) is 7.43. The molecule has 0 spiro atoms. The van der Waals surface area contributed by atoms with E-state index in [-0.39, 0.29) is 30.2 Å². The molecule has 1 fully saturated rings. The summed E-state index contributed by atoms with van der Waals surface area (Å²) in [4.78, 5) is 23.7. The maximum Gasteiger partial charge on any atom is 0.313 e. The molecule has 1 aliphatic heterocycles. The molecule has 8 heteroatoms. The van der Waals surface area contributed by atoms with Crippen LogP contribution in [0.3, 0.4) is 0 Å². The highest BCUT2D eigenvalue weighted by Gasteiger charge is 2.29. The summed E-state index contributed by atoms with van der Waals surface area (Å²) in [7, 11) is 1.33. The Bertz CT molecular complexity index is 534. The molecule has 0 bridgehead atoms. The standard InChI is InChI=1S/C14H23N5O3/c1-14(2,13(21)22-3)9-16-12(20)11-8-19(18-17-11)10-4-6-15-7-5-10/h8,10,15H,4-7,9H2,1-3H3,(H,16,20). The van der Waals surface area contributed by atoms with Crippen LogP contribution in [0.2, 0.25) is 0 Å². The quantitative estimate of drug-likeness (QED) is 0.750. The molecule has 2 rings (SSSR count). The van der Waals surface area contributed by atoms with Crippen LogP contribution in [0.4, 0.5) is 0 Å². The first-order chi connectivity index (χ1) is 10.4. The second-order valence-electron chi connectivity index (χ2n) is 6.12. The first-order valence-electron chi connectivity index (χ1n) is 7.43. The molecule has 1 saturated heterocycles. The van der Waals surface area contributed by atoms with E-state index in [1.165, 1.54) is 7.11 Å². The van der Waals surface area contributed by atoms with Crippen molar-refractivity contribution in [2.24, 2.45) is 5.41 Å². The molecule has 0 aromatic carbocycles. The summed E-state index contributed by atoms with van der Waals surface area (Å²) in [6.45, 7) is 5.49. The summed E-state index contributed by atoms with van der Waals surface area (Å²) in [5.74, 6) is -0.705. The lowest BCUT2D eigenvalue weighted by atomic mass is 9.94. The number of nitrogens with zero attached hydrogens (tertiary/aromatic N) is 3. The highest BCUT2D eigenvalue weighted by atomic mass is 16.5. The van der Waals surface area contributed by atoms with E-state index in [1.54, 1.807) is 24.7 Å². The summed E-state index contributed by atoms with van der Waals surface area (Å²) in [6.07, 6.45) is 3.61. The van der Waals surface area contributed by atoms with E-state index in [0.717, 1.165) is 25.9 Å². The number of carbonyl (C=O) groups excluding carboxylic acids is 2. The maximum atomic E-state index is 12.1. The van der Waals surface area contributed by atoms with Crippen LogP contribution in [0.15, 0.2) is 6.20 Å². The summed E-state index contributed by atoms with van der Waals surface area (Å²) >= 11 is 0. The maximum absolute atomic E-state index is 12.1. The molecule has 0 radical (unpaired) electrons. The molecule has 1 aromatic heterocycles. The largest absolute Gasteiger partial charge is 0.469 e. The molecule has 0 unspecified atom stereocenters. The lowest BCUT2D eigenvalue weighted by Crippen LogP contribution is -2.39. The van der Waals surface area contributed by atoms with Crippen molar-refractivity contribution in [1.82, 2.24) is 25.6 Å². The van der Waals surface area contributed by atoms with Gasteiger partial charge in [-0.25, -0.2) is 4.68 Å². The van der Waals surface area contributed by atoms with Crippen molar-refractivity contribution < 1.29 is 14.3 Å². The van der Waals surface area contributed by atoms with E-state index in [1.807, 2.05) is 0 Å². The Kier molecular flexibility index (Phi) is 5.12. The van der Waals surface area contributed by atoms with Crippen LogP contribution in [0.5, 0.6) is 0 Å². The van der Waals surface area contributed by atoms with Crippen molar-refractivity contribution in [1.29, 1.82) is 0 Å². The fraction of sp³-hybridized carbons (Fsp3) is 0.714. The van der Waals surface area contributed by atoms with Crippen LogP contribution in [-0.2, 0) is 9.53 Å². The normalized spacial score (nSPS) is 16.3. The van der Waals surface area contributed by atoms with Crippen LogP contribution in [0, 0.1) is 5.41 Å². The van der Waals surface area contributed by atoms with E-state index in [9.17, 15) is 9.59 Å². The molecule has 8 nitrogen and oxygen atoms in total. The number of methoxy groups -OCH3 is 1. The minimum absolute atomic E-state index is 0.179. The van der Waals surface area contributed by atoms with Gasteiger partial charge in [-0.05, 0) is 39.8 Å². The molecule has 22 heavy (non-hydrogen) atoms. The van der Waals surface area contributed by atoms with Crippen LogP contribution >= 0.6 is 0 Å². The van der Waals surface area contributed by atoms with Gasteiger partial charge >= 0.3 is 5.97 Å². The Morgan fingerprint density at radius 2 is 2.14 bits per heavy atom. The van der Waals surface area contributed by atoms with Crippen LogP contribution < -0.4 is 10.6 Å². The average molecular weight is 309 g/mol. The zero-order chi connectivity index (χ0) is 16.2. The summed E-state index contributed by atoms with van der Waals surface area (Å²) in [6, 6.07) is 0.279. The molecule has 122 valence electrons. The fourth-order valence-electron chi connectivity index (χ4n) is 2.37. The predicted octanol–water partition coefficient (Wildman–Crippen LogP) is 0.132. The van der Waals surface area contributed by atoms with E-state index in [4.69, 9.17) is 4.74 Å². The van der Waals surface area contributed by atoms with E-state index in [0.29, 0.717) is 0 Å². The van der Waals surface area contributed by atoms with Gasteiger partial charge in [0.1, 0.15) is 0 Å². The number of aromatic nitrogens is 3. The average Bonchev–Trinajstić information content (AvgIpc) is 3.02. The molecule has 1 aromatic rings. The Morgan fingerprint density at radius 1 is 1.45 bits per heavy atom. The van der Waals surface area contributed by atoms with Crippen molar-refractivity contribution in [3.8, 4) is 0 Å². The number of rotatable bonds is 5. The lowest BCUT2D eigenvalue weighted by Gasteiger charge is -2.22. The number of nitrogens with one attached hydrogen (secondary N) is 2. The van der Waals surface area contributed by atoms with Gasteiger partial charge in [0.05, 0.1) is 24.8 Å². The molecular formula is C14H23N5O3. The molecule has 2 heterocycles. The van der Waals surface area contributed by atoms with Gasteiger partial charge in [0.2, 0.25) is 0 Å². The monoisotopic (exact) mass is 309 g/mol. The highest BCUT2D eigenvalue weighted by molar-refractivity contribution is 5.92. The van der Waals surface area contributed by atoms with Gasteiger partial charge in [0.15, 0.2) is 5.69 Å². The van der Waals surface area contributed by atoms with Gasteiger partial charge in [-0.15, -0.1) is 5.10 Å². The van der Waals surface area contributed by atoms with Crippen molar-refractivity contribution >= 4 is 11.9 Å². The molecule has 0 atom stereocenters. The molecule has 0 saturated carbocycles. The van der Waals surface area contributed by atoms with Crippen LogP contribution in [0.25, 0.3) is 0 Å². The highest BCUT2D eigenvalue weighted by Crippen LogP contribution is 2.18. The van der Waals surface area contributed by atoms with E-state index >= 15 is 0 Å². The zero-order valence-corrected chi connectivity index (χ0v) is 13.3. The van der Waals surface area contributed by atoms with Gasteiger partial charge < -0.3 is 15.4 Å². The van der Waals surface area contributed by atoms with Crippen molar-refractivity contribution in [2.75, 3.05) is 26.7 Å². The smallest absolute Gasteiger partial charge is 0.313 e.